The van der Waals surface area contributed by atoms with Crippen molar-refractivity contribution in [1.29, 1.82) is 0 Å². The van der Waals surface area contributed by atoms with Gasteiger partial charge in [0.25, 0.3) is 5.91 Å². The van der Waals surface area contributed by atoms with Gasteiger partial charge in [-0.2, -0.15) is 0 Å². The number of carbonyl (C=O) groups is 2. The number of nitrogens with zero attached hydrogens (tertiary/aromatic N) is 1. The number of para-hydroxylation sites is 1. The van der Waals surface area contributed by atoms with Gasteiger partial charge in [-0.15, -0.1) is 0 Å². The van der Waals surface area contributed by atoms with Crippen LogP contribution in [-0.2, 0) is 18.8 Å². The van der Waals surface area contributed by atoms with Crippen molar-refractivity contribution in [3.05, 3.63) is 59.9 Å². The molecule has 0 saturated carbocycles. The molecule has 1 aliphatic heterocycles. The van der Waals surface area contributed by atoms with Crippen LogP contribution >= 0.6 is 0 Å². The molecule has 3 rings (SSSR count). The maximum atomic E-state index is 13.3. The third kappa shape index (κ3) is 6.84. The topological polar surface area (TPSA) is 108 Å². The minimum absolute atomic E-state index is 0.00646. The van der Waals surface area contributed by atoms with E-state index < -0.39 is 42.1 Å². The first-order chi connectivity index (χ1) is 17.0. The molecule has 2 amide bonds. The fraction of sp³-hybridized carbons (Fsp3) is 0.500. The van der Waals surface area contributed by atoms with Gasteiger partial charge >= 0.3 is 7.12 Å². The van der Waals surface area contributed by atoms with E-state index >= 15 is 0 Å². The van der Waals surface area contributed by atoms with Crippen LogP contribution in [0.4, 0.5) is 0 Å². The smallest absolute Gasteiger partial charge is 0.481 e. The van der Waals surface area contributed by atoms with E-state index in [1.165, 1.54) is 7.11 Å². The van der Waals surface area contributed by atoms with Crippen LogP contribution in [0.2, 0.25) is 0 Å². The number of aryl methyl sites for hydroxylation is 1. The van der Waals surface area contributed by atoms with Gasteiger partial charge in [-0.1, -0.05) is 18.2 Å². The summed E-state index contributed by atoms with van der Waals surface area (Å²) in [6.07, 6.45) is 2.03. The van der Waals surface area contributed by atoms with Crippen molar-refractivity contribution in [1.82, 2.24) is 15.6 Å². The van der Waals surface area contributed by atoms with Crippen molar-refractivity contribution in [2.45, 2.75) is 64.2 Å². The number of benzene rings is 1. The first kappa shape index (κ1) is 27.6. The number of carbonyl (C=O) groups excluding carboxylic acids is 2. The van der Waals surface area contributed by atoms with Crippen LogP contribution in [0.15, 0.2) is 48.7 Å². The molecule has 9 nitrogen and oxygen atoms in total. The molecule has 1 fully saturated rings. The highest BCUT2D eigenvalue weighted by Gasteiger charge is 2.54. The van der Waals surface area contributed by atoms with Crippen LogP contribution in [0, 0.1) is 6.92 Å². The normalized spacial score (nSPS) is 17.8. The summed E-state index contributed by atoms with van der Waals surface area (Å²) in [5.41, 5.74) is -0.178. The largest absolute Gasteiger partial charge is 0.494 e. The van der Waals surface area contributed by atoms with Crippen molar-refractivity contribution in [3.63, 3.8) is 0 Å². The molecule has 2 aromatic rings. The van der Waals surface area contributed by atoms with E-state index in [-0.39, 0.29) is 6.61 Å². The minimum atomic E-state index is -0.929. The molecule has 2 N–H and O–H groups in total. The highest BCUT2D eigenvalue weighted by molar-refractivity contribution is 6.48. The number of nitrogens with one attached hydrogen (secondary N) is 2. The molecular weight excluding hydrogens is 461 g/mol. The first-order valence-corrected chi connectivity index (χ1v) is 12.1. The Morgan fingerprint density at radius 1 is 1.03 bits per heavy atom. The predicted molar refractivity (Wildman–Crippen MR) is 137 cm³/mol. The van der Waals surface area contributed by atoms with E-state index in [0.717, 1.165) is 5.75 Å². The summed E-state index contributed by atoms with van der Waals surface area (Å²) in [6.45, 7) is 9.88. The number of hydrogen-bond donors (Lipinski definition) is 2. The lowest BCUT2D eigenvalue weighted by Crippen LogP contribution is -2.56. The number of hydrogen-bond acceptors (Lipinski definition) is 7. The molecule has 10 heteroatoms. The van der Waals surface area contributed by atoms with Crippen LogP contribution in [0.5, 0.6) is 5.75 Å². The van der Waals surface area contributed by atoms with Crippen LogP contribution in [0.3, 0.4) is 0 Å². The van der Waals surface area contributed by atoms with Gasteiger partial charge in [-0.25, -0.2) is 0 Å². The van der Waals surface area contributed by atoms with Crippen molar-refractivity contribution in [2.75, 3.05) is 20.3 Å². The highest BCUT2D eigenvalue weighted by atomic mass is 16.7. The van der Waals surface area contributed by atoms with Gasteiger partial charge in [0.05, 0.1) is 35.9 Å². The summed E-state index contributed by atoms with van der Waals surface area (Å²) >= 11 is 0. The fourth-order valence-corrected chi connectivity index (χ4v) is 3.74. The Morgan fingerprint density at radius 2 is 1.69 bits per heavy atom. The number of rotatable bonds is 11. The number of aromatic nitrogens is 1. The van der Waals surface area contributed by atoms with Gasteiger partial charge in [0.2, 0.25) is 5.91 Å². The molecule has 1 aliphatic rings. The maximum absolute atomic E-state index is 13.3. The molecule has 2 atom stereocenters. The van der Waals surface area contributed by atoms with E-state index in [0.29, 0.717) is 24.3 Å². The number of pyridine rings is 1. The Labute approximate surface area is 213 Å². The van der Waals surface area contributed by atoms with Crippen LogP contribution in [0.25, 0.3) is 0 Å². The zero-order chi connectivity index (χ0) is 26.3. The van der Waals surface area contributed by atoms with Gasteiger partial charge in [-0.3, -0.25) is 14.6 Å². The van der Waals surface area contributed by atoms with E-state index in [2.05, 4.69) is 15.6 Å². The molecule has 1 aromatic heterocycles. The quantitative estimate of drug-likeness (QED) is 0.460. The Morgan fingerprint density at radius 3 is 2.31 bits per heavy atom. The molecule has 0 bridgehead atoms. The second-order valence-corrected chi connectivity index (χ2v) is 9.81. The molecule has 2 unspecified atom stereocenters. The zero-order valence-electron chi connectivity index (χ0n) is 21.9. The average molecular weight is 497 g/mol. The molecule has 0 aliphatic carbocycles. The van der Waals surface area contributed by atoms with E-state index in [1.54, 1.807) is 25.3 Å². The number of methoxy groups -OCH3 is 1. The van der Waals surface area contributed by atoms with Gasteiger partial charge in [0.1, 0.15) is 11.8 Å². The molecule has 2 heterocycles. The molecule has 0 radical (unpaired) electrons. The number of ether oxygens (including phenoxy) is 2. The fourth-order valence-electron chi connectivity index (χ4n) is 3.74. The van der Waals surface area contributed by atoms with Crippen LogP contribution < -0.4 is 15.4 Å². The van der Waals surface area contributed by atoms with E-state index in [4.69, 9.17) is 18.8 Å². The monoisotopic (exact) mass is 497 g/mol. The van der Waals surface area contributed by atoms with E-state index in [1.807, 2.05) is 58.0 Å². The Balaban J connectivity index is 1.72. The Bertz CT molecular complexity index is 1020. The summed E-state index contributed by atoms with van der Waals surface area (Å²) in [5.74, 6) is -0.616. The summed E-state index contributed by atoms with van der Waals surface area (Å²) < 4.78 is 23.5. The molecule has 1 saturated heterocycles. The summed E-state index contributed by atoms with van der Waals surface area (Å²) in [5, 5.41) is 5.75. The lowest BCUT2D eigenvalue weighted by atomic mass is 9.76. The van der Waals surface area contributed by atoms with Gasteiger partial charge in [0, 0.05) is 25.4 Å². The maximum Gasteiger partial charge on any atom is 0.481 e. The lowest BCUT2D eigenvalue weighted by molar-refractivity contribution is -0.124. The predicted octanol–water partition coefficient (Wildman–Crippen LogP) is 2.72. The lowest BCUT2D eigenvalue weighted by Gasteiger charge is -2.32. The molecule has 1 aromatic carbocycles. The third-order valence-corrected chi connectivity index (χ3v) is 6.58. The summed E-state index contributed by atoms with van der Waals surface area (Å²) in [7, 11) is 0.777. The minimum Gasteiger partial charge on any atom is -0.494 e. The van der Waals surface area contributed by atoms with E-state index in [9.17, 15) is 9.59 Å². The molecule has 36 heavy (non-hydrogen) atoms. The summed E-state index contributed by atoms with van der Waals surface area (Å²) in [6, 6.07) is 11.8. The Kier molecular flexibility index (Phi) is 9.11. The SMILES string of the molecule is COCC(NC(=O)c1cccnc1C)C(=O)NC(CCOc1ccccc1)B1OC(C)(C)C(C)(C)O1. The highest BCUT2D eigenvalue weighted by Crippen LogP contribution is 2.37. The van der Waals surface area contributed by atoms with Crippen molar-refractivity contribution in [3.8, 4) is 5.75 Å². The van der Waals surface area contributed by atoms with Crippen molar-refractivity contribution < 1.29 is 28.4 Å². The Hall–Kier alpha value is -2.95. The summed E-state index contributed by atoms with van der Waals surface area (Å²) in [4.78, 5) is 30.3. The molecule has 194 valence electrons. The van der Waals surface area contributed by atoms with Gasteiger partial charge in [0.15, 0.2) is 0 Å². The standard InChI is InChI=1S/C26H36BN3O6/c1-18-20(13-10-15-28-18)23(31)29-21(17-33-6)24(32)30-22(14-16-34-19-11-8-7-9-12-19)27-35-25(2,3)26(4,5)36-27/h7-13,15,21-22H,14,16-17H2,1-6H3,(H,29,31)(H,30,32). The van der Waals surface area contributed by atoms with Crippen molar-refractivity contribution in [2.24, 2.45) is 0 Å². The molecule has 0 spiro atoms. The molecular formula is C26H36BN3O6. The van der Waals surface area contributed by atoms with Gasteiger partial charge < -0.3 is 29.4 Å². The van der Waals surface area contributed by atoms with Crippen LogP contribution in [0.1, 0.15) is 50.2 Å². The number of amides is 2. The van der Waals surface area contributed by atoms with Crippen molar-refractivity contribution >= 4 is 18.9 Å². The zero-order valence-corrected chi connectivity index (χ0v) is 21.9. The van der Waals surface area contributed by atoms with Crippen LogP contribution in [-0.4, -0.2) is 67.4 Å². The average Bonchev–Trinajstić information content (AvgIpc) is 3.05. The second kappa shape index (κ2) is 11.9. The second-order valence-electron chi connectivity index (χ2n) is 9.81. The van der Waals surface area contributed by atoms with Gasteiger partial charge in [-0.05, 0) is 58.9 Å². The third-order valence-electron chi connectivity index (χ3n) is 6.58. The first-order valence-electron chi connectivity index (χ1n) is 12.1.